The van der Waals surface area contributed by atoms with Crippen molar-refractivity contribution in [3.05, 3.63) is 64.3 Å². The predicted molar refractivity (Wildman–Crippen MR) is 105 cm³/mol. The summed E-state index contributed by atoms with van der Waals surface area (Å²) in [6.45, 7) is 0. The van der Waals surface area contributed by atoms with Gasteiger partial charge in [0.1, 0.15) is 18.0 Å². The molecule has 2 heterocycles. The lowest BCUT2D eigenvalue weighted by atomic mass is 10.2. The average molecular weight is 417 g/mol. The van der Waals surface area contributed by atoms with E-state index in [0.717, 1.165) is 0 Å². The Labute approximate surface area is 169 Å². The van der Waals surface area contributed by atoms with Crippen LogP contribution in [0.4, 0.5) is 11.5 Å². The molecule has 1 aromatic carbocycles. The number of hydrogen-bond acceptors (Lipinski definition) is 5. The predicted octanol–water partition coefficient (Wildman–Crippen LogP) is 3.50. The van der Waals surface area contributed by atoms with E-state index in [-0.39, 0.29) is 33.4 Å². The minimum absolute atomic E-state index is 0.0350. The van der Waals surface area contributed by atoms with Gasteiger partial charge in [-0.15, -0.1) is 0 Å². The van der Waals surface area contributed by atoms with Crippen LogP contribution < -0.4 is 10.6 Å². The fourth-order valence-electron chi connectivity index (χ4n) is 2.88. The smallest absolute Gasteiger partial charge is 0.258 e. The van der Waals surface area contributed by atoms with E-state index in [2.05, 4.69) is 30.8 Å². The Morgan fingerprint density at radius 1 is 1.11 bits per heavy atom. The van der Waals surface area contributed by atoms with Gasteiger partial charge in [0.25, 0.3) is 5.91 Å². The molecular formula is C18H14Cl2N6O2. The summed E-state index contributed by atoms with van der Waals surface area (Å²) in [5, 5.41) is 12.5. The van der Waals surface area contributed by atoms with Gasteiger partial charge >= 0.3 is 0 Å². The van der Waals surface area contributed by atoms with Gasteiger partial charge in [0, 0.05) is 29.8 Å². The van der Waals surface area contributed by atoms with Crippen LogP contribution in [0.2, 0.25) is 10.0 Å². The zero-order valence-electron chi connectivity index (χ0n) is 14.3. The molecule has 2 aromatic heterocycles. The number of pyridine rings is 1. The molecule has 2 amide bonds. The second-order valence-electron chi connectivity index (χ2n) is 6.29. The number of hydrogen-bond donors (Lipinski definition) is 3. The number of benzene rings is 1. The third-order valence-corrected chi connectivity index (χ3v) is 5.00. The molecule has 8 nitrogen and oxygen atoms in total. The molecule has 3 N–H and O–H groups in total. The zero-order chi connectivity index (χ0) is 19.7. The molecular weight excluding hydrogens is 403 g/mol. The normalized spacial score (nSPS) is 17.8. The monoisotopic (exact) mass is 416 g/mol. The lowest BCUT2D eigenvalue weighted by Crippen LogP contribution is -2.17. The quantitative estimate of drug-likeness (QED) is 0.588. The standard InChI is InChI=1S/C18H14Cl2N6O2/c19-12-2-1-3-13(20)15(12)18(28)24-9-4-5-21-14(6-9)25-17(27)11-7-10(11)16-22-8-23-26-16/h1-6,8,10-11H,7H2,(H,22,23,26)(H2,21,24,25,27,28)/t10-,11+/m1/s1. The van der Waals surface area contributed by atoms with Crippen LogP contribution in [0.25, 0.3) is 0 Å². The second-order valence-corrected chi connectivity index (χ2v) is 7.10. The number of rotatable bonds is 5. The van der Waals surface area contributed by atoms with Gasteiger partial charge in [-0.25, -0.2) is 9.97 Å². The highest BCUT2D eigenvalue weighted by atomic mass is 35.5. The van der Waals surface area contributed by atoms with E-state index < -0.39 is 5.91 Å². The summed E-state index contributed by atoms with van der Waals surface area (Å²) in [6.07, 6.45) is 3.60. The molecule has 4 rings (SSSR count). The molecule has 0 spiro atoms. The molecule has 1 aliphatic rings. The van der Waals surface area contributed by atoms with Crippen molar-refractivity contribution in [1.82, 2.24) is 20.2 Å². The van der Waals surface area contributed by atoms with E-state index in [1.807, 2.05) is 0 Å². The van der Waals surface area contributed by atoms with E-state index >= 15 is 0 Å². The largest absolute Gasteiger partial charge is 0.322 e. The van der Waals surface area contributed by atoms with Crippen LogP contribution >= 0.6 is 23.2 Å². The zero-order valence-corrected chi connectivity index (χ0v) is 15.8. The summed E-state index contributed by atoms with van der Waals surface area (Å²) in [5.74, 6) is 0.267. The summed E-state index contributed by atoms with van der Waals surface area (Å²) >= 11 is 12.1. The molecule has 0 aliphatic heterocycles. The van der Waals surface area contributed by atoms with Crippen molar-refractivity contribution in [2.45, 2.75) is 12.3 Å². The fraction of sp³-hybridized carbons (Fsp3) is 0.167. The van der Waals surface area contributed by atoms with Crippen molar-refractivity contribution in [2.75, 3.05) is 10.6 Å². The van der Waals surface area contributed by atoms with E-state index in [0.29, 0.717) is 23.8 Å². The first-order valence-corrected chi connectivity index (χ1v) is 9.16. The summed E-state index contributed by atoms with van der Waals surface area (Å²) in [5.41, 5.74) is 0.634. The minimum atomic E-state index is -0.452. The van der Waals surface area contributed by atoms with Gasteiger partial charge in [-0.3, -0.25) is 14.7 Å². The molecule has 3 aromatic rings. The van der Waals surface area contributed by atoms with Crippen LogP contribution in [-0.2, 0) is 4.79 Å². The van der Waals surface area contributed by atoms with Crippen molar-refractivity contribution in [2.24, 2.45) is 5.92 Å². The second kappa shape index (κ2) is 7.57. The lowest BCUT2D eigenvalue weighted by Gasteiger charge is -2.10. The summed E-state index contributed by atoms with van der Waals surface area (Å²) in [7, 11) is 0. The average Bonchev–Trinajstić information content (AvgIpc) is 3.27. The number of halogens is 2. The van der Waals surface area contributed by atoms with Crippen LogP contribution in [0.1, 0.15) is 28.5 Å². The topological polar surface area (TPSA) is 113 Å². The lowest BCUT2D eigenvalue weighted by molar-refractivity contribution is -0.117. The molecule has 0 radical (unpaired) electrons. The van der Waals surface area contributed by atoms with Gasteiger partial charge < -0.3 is 10.6 Å². The summed E-state index contributed by atoms with van der Waals surface area (Å²) in [4.78, 5) is 33.1. The highest BCUT2D eigenvalue weighted by Crippen LogP contribution is 2.46. The number of nitrogens with zero attached hydrogens (tertiary/aromatic N) is 3. The Balaban J connectivity index is 1.42. The molecule has 1 aliphatic carbocycles. The van der Waals surface area contributed by atoms with Crippen LogP contribution in [-0.4, -0.2) is 32.0 Å². The van der Waals surface area contributed by atoms with Crippen LogP contribution in [0.5, 0.6) is 0 Å². The number of amides is 2. The minimum Gasteiger partial charge on any atom is -0.322 e. The number of H-pyrrole nitrogens is 1. The summed E-state index contributed by atoms with van der Waals surface area (Å²) < 4.78 is 0. The molecule has 2 atom stereocenters. The first-order chi connectivity index (χ1) is 13.5. The fourth-order valence-corrected chi connectivity index (χ4v) is 3.45. The van der Waals surface area contributed by atoms with Crippen LogP contribution in [0.15, 0.2) is 42.9 Å². The van der Waals surface area contributed by atoms with Crippen molar-refractivity contribution in [1.29, 1.82) is 0 Å². The summed E-state index contributed by atoms with van der Waals surface area (Å²) in [6, 6.07) is 7.99. The maximum atomic E-state index is 12.5. The van der Waals surface area contributed by atoms with Gasteiger partial charge in [-0.05, 0) is 24.6 Å². The molecule has 142 valence electrons. The highest BCUT2D eigenvalue weighted by molar-refractivity contribution is 6.40. The molecule has 10 heteroatoms. The Hall–Kier alpha value is -2.97. The first-order valence-electron chi connectivity index (χ1n) is 8.40. The van der Waals surface area contributed by atoms with Gasteiger partial charge in [-0.1, -0.05) is 29.3 Å². The SMILES string of the molecule is O=C(Nc1ccnc(NC(=O)[C@H]2C[C@H]2c2ncn[nH]2)c1)c1c(Cl)cccc1Cl. The van der Waals surface area contributed by atoms with E-state index in [1.165, 1.54) is 12.5 Å². The molecule has 28 heavy (non-hydrogen) atoms. The molecule has 0 saturated heterocycles. The number of carbonyl (C=O) groups excluding carboxylic acids is 2. The number of carbonyl (C=O) groups is 2. The van der Waals surface area contributed by atoms with Gasteiger partial charge in [0.15, 0.2) is 0 Å². The van der Waals surface area contributed by atoms with E-state index in [9.17, 15) is 9.59 Å². The van der Waals surface area contributed by atoms with Gasteiger partial charge in [0.2, 0.25) is 5.91 Å². The Morgan fingerprint density at radius 2 is 1.89 bits per heavy atom. The highest BCUT2D eigenvalue weighted by Gasteiger charge is 2.46. The maximum absolute atomic E-state index is 12.5. The first kappa shape index (κ1) is 18.4. The Morgan fingerprint density at radius 3 is 2.61 bits per heavy atom. The maximum Gasteiger partial charge on any atom is 0.258 e. The molecule has 0 unspecified atom stereocenters. The van der Waals surface area contributed by atoms with Crippen LogP contribution in [0.3, 0.4) is 0 Å². The number of nitrogens with one attached hydrogen (secondary N) is 3. The number of aromatic amines is 1. The van der Waals surface area contributed by atoms with Crippen LogP contribution in [0, 0.1) is 5.92 Å². The number of anilines is 2. The third kappa shape index (κ3) is 3.83. The molecule has 1 fully saturated rings. The Kier molecular flexibility index (Phi) is 4.97. The van der Waals surface area contributed by atoms with Crippen molar-refractivity contribution < 1.29 is 9.59 Å². The van der Waals surface area contributed by atoms with Gasteiger partial charge in [0.05, 0.1) is 15.6 Å². The van der Waals surface area contributed by atoms with Crippen molar-refractivity contribution in [3.8, 4) is 0 Å². The van der Waals surface area contributed by atoms with Gasteiger partial charge in [-0.2, -0.15) is 5.10 Å². The van der Waals surface area contributed by atoms with Crippen molar-refractivity contribution >= 4 is 46.5 Å². The third-order valence-electron chi connectivity index (χ3n) is 4.37. The molecule has 0 bridgehead atoms. The van der Waals surface area contributed by atoms with Crippen molar-refractivity contribution in [3.63, 3.8) is 0 Å². The van der Waals surface area contributed by atoms with E-state index in [4.69, 9.17) is 23.2 Å². The number of aromatic nitrogens is 4. The Bertz CT molecular complexity index is 1020. The van der Waals surface area contributed by atoms with E-state index in [1.54, 1.807) is 30.3 Å². The molecule has 1 saturated carbocycles.